The van der Waals surface area contributed by atoms with Gasteiger partial charge in [0.15, 0.2) is 22.4 Å². The second-order valence-corrected chi connectivity index (χ2v) is 35.1. The van der Waals surface area contributed by atoms with E-state index in [9.17, 15) is 197 Å². The number of hydrogen-bond donors (Lipinski definition) is 8. The largest absolute Gasteiger partial charge is 2.00 e. The molecule has 8 atom stereocenters. The molecule has 0 fully saturated rings. The van der Waals surface area contributed by atoms with Crippen LogP contribution in [0.2, 0.25) is 0 Å². The van der Waals surface area contributed by atoms with Crippen LogP contribution in [0.25, 0.3) is 0 Å². The number of phosphoric ester groups is 2. The maximum absolute atomic E-state index is 13.1. The van der Waals surface area contributed by atoms with Gasteiger partial charge in [0, 0.05) is 116 Å². The molecule has 0 saturated heterocycles. The SMILES string of the molecule is Cl.Cl.N.N.O=C([O-])CC(CC(=O)OS(=O)(=O)[O-])(OC(=O)CC(CC(=O)[O-])(OP(=O)([O-])OC(=O)CC(CC(=O)[O-])(OC(=O)OC(CC(=O)[O-])(CC(=O)OP(=O)([O-])OC(CC(=O)[O-])(CC(=O)OC(CC(=O)[O-])(CC(=O)OS(=O)(=O)[O-])C(=O)[O-])C(=O)[O-])C(=O)[O-])C(=O)[O-])C(=O)[O-])C(=O)[O-].O=P(O)(O)O.O=P(O)(O)O.O=S(=O)([O-])[O-].O=S(=O)([O-])[O-].O=S(=O)([O-])[O-].O=S(=O)([O-])[O-].[Cl][Mg][Cl].[Cl][Mg][Cl].[K+].[K+].[K+].[K+].[K+].[K+].[Mg+2].[Mg+2].[Mg+2].[Mg+2].[Mg+2].[Mg+2].[Na+].[Na+].[Na+].[Na+].[Na+].[Na+]. The fraction of sp³-hybridized carbons (Fsp3) is 0.486. The van der Waals surface area contributed by atoms with Crippen LogP contribution in [0.3, 0.4) is 0 Å². The number of aliphatic carboxylic acids is 12. The molecule has 0 rings (SSSR count). The molecule has 0 radical (unpaired) electrons. The molecule has 12 N–H and O–H groups in total. The van der Waals surface area contributed by atoms with Crippen molar-refractivity contribution in [3.63, 3.8) is 0 Å². The zero-order valence-electron chi connectivity index (χ0n) is 77.5. The number of carboxylic acids is 12. The number of hydrogen-bond acceptors (Lipinski definition) is 71. The zero-order valence-corrected chi connectivity index (χ0v) is 133. The van der Waals surface area contributed by atoms with Gasteiger partial charge in [0.1, 0.15) is 11.2 Å². The Kier molecular flexibility index (Phi) is 191. The predicted molar refractivity (Wildman–Crippen MR) is 377 cm³/mol. The molecular formula is C37H38Cl6K6Mg8N2Na6O75P4S6. The van der Waals surface area contributed by atoms with E-state index in [1.165, 1.54) is 0 Å². The molecule has 0 aromatic carbocycles. The van der Waals surface area contributed by atoms with E-state index in [0.717, 1.165) is 0 Å². The first kappa shape index (κ1) is 246. The molecule has 77 nitrogen and oxygen atoms in total. The van der Waals surface area contributed by atoms with E-state index in [2.05, 4.69) is 45.4 Å². The predicted octanol–water partition coefficient (Wildman–Crippen LogP) is -65.9. The number of rotatable bonds is 42. The molecule has 0 aromatic heterocycles. The van der Waals surface area contributed by atoms with Gasteiger partial charge in [0.05, 0.1) is 74.3 Å². The van der Waals surface area contributed by atoms with Crippen molar-refractivity contribution in [2.45, 2.75) is 111 Å². The van der Waals surface area contributed by atoms with Gasteiger partial charge in [0.2, 0.25) is 0 Å². The van der Waals surface area contributed by atoms with Crippen LogP contribution in [-0.2, 0) is 212 Å². The molecule has 0 heterocycles. The molecule has 0 aromatic rings. The van der Waals surface area contributed by atoms with Crippen LogP contribution in [0.5, 0.6) is 0 Å². The molecule has 150 heavy (non-hydrogen) atoms. The van der Waals surface area contributed by atoms with Gasteiger partial charge >= 0.3 is 734 Å². The Morgan fingerprint density at radius 1 is 0.260 bits per heavy atom. The Morgan fingerprint density at radius 3 is 0.493 bits per heavy atom. The summed E-state index contributed by atoms with van der Waals surface area (Å²) in [7, 11) is -37.6. The van der Waals surface area contributed by atoms with Gasteiger partial charge in [-0.15, -0.1) is 24.8 Å². The molecule has 0 amide bonds. The first-order valence-corrected chi connectivity index (χ1v) is 49.9. The van der Waals surface area contributed by atoms with E-state index in [-0.39, 0.29) is 661 Å². The minimum Gasteiger partial charge on any atom is -0.759 e. The summed E-state index contributed by atoms with van der Waals surface area (Å²) >= 11 is -1.28. The third-order valence-corrected chi connectivity index (χ3v) is 12.7. The van der Waals surface area contributed by atoms with E-state index in [0.29, 0.717) is 0 Å². The van der Waals surface area contributed by atoms with Crippen LogP contribution in [0.1, 0.15) is 77.0 Å². The van der Waals surface area contributed by atoms with Gasteiger partial charge in [-0.3, -0.25) is 80.6 Å². The fourth-order valence-electron chi connectivity index (χ4n) is 6.61. The van der Waals surface area contributed by atoms with Crippen LogP contribution in [0.4, 0.5) is 4.79 Å². The van der Waals surface area contributed by atoms with E-state index in [4.69, 9.17) is 145 Å². The minimum atomic E-state index is -7.44. The smallest absolute Gasteiger partial charge is 0.759 e. The number of carbonyl (C=O) groups is 19. The summed E-state index contributed by atoms with van der Waals surface area (Å²) < 4.78 is 282. The number of halogens is 6. The van der Waals surface area contributed by atoms with Crippen molar-refractivity contribution >= 4 is 443 Å². The Labute approximate surface area is 1370 Å². The van der Waals surface area contributed by atoms with Crippen LogP contribution in [0.15, 0.2) is 0 Å². The zero-order chi connectivity index (χ0) is 105. The number of carbonyl (C=O) groups excluding carboxylic acids is 19. The molecule has 0 aliphatic heterocycles. The molecular weight excluding hydrogens is 2770 g/mol. The Hall–Kier alpha value is 13.2. The summed E-state index contributed by atoms with van der Waals surface area (Å²) in [6.45, 7) is 0. The number of ether oxygens (including phenoxy) is 4. The molecule has 772 valence electrons. The maximum Gasteiger partial charge on any atom is 2.00 e. The molecule has 0 bridgehead atoms. The van der Waals surface area contributed by atoms with Crippen molar-refractivity contribution in [2.24, 2.45) is 0 Å². The van der Waals surface area contributed by atoms with E-state index < -0.39 is 354 Å². The van der Waals surface area contributed by atoms with Gasteiger partial charge in [-0.1, -0.05) is 0 Å². The van der Waals surface area contributed by atoms with Crippen molar-refractivity contribution < 1.29 is 837 Å². The second kappa shape index (κ2) is 116. The first-order valence-electron chi connectivity index (χ1n) is 27.3. The monoisotopic (exact) mass is 2800 g/mol. The summed E-state index contributed by atoms with van der Waals surface area (Å²) in [6, 6.07) is 0. The van der Waals surface area contributed by atoms with Crippen LogP contribution in [0, 0.1) is 0 Å². The summed E-state index contributed by atoms with van der Waals surface area (Å²) in [6.07, 6.45) is -35.2. The van der Waals surface area contributed by atoms with Gasteiger partial charge in [-0.25, -0.2) is 30.8 Å². The summed E-state index contributed by atoms with van der Waals surface area (Å²) in [5, 5.41) is 142. The molecule has 8 unspecified atom stereocenters. The standard InChI is InChI=1S/C37H40O51P2S2.6ClH.6K.8Mg.2H3N.6Na.2H3O4P.4H2O4S/c38-13(39)1-32(25(56)57,11-23(54)85-91(73,74)75)79-19(50)7-36(29(64)65,5-17(46)47)87-89(69,70)83-21(52)9-34(27(60)61,3-15(42)43)81-31(68)82-35(28(62)63,4-16(44)45)10-22(53)84-90(71,72)88-37(30(66)67,6-18(48)49)8-20(51)80-33(26(58)59,2-14(40)41)12-24(55)86-92(76,77)78;;;;;;;;;;;;;;;;;;;;;;;;;;;;;6*1-5(2,3)4/h1-12H2,(H,38,39)(H,40,41)(H,42,43)(H,44,45)(H,46,47)(H,48,49)(H,56,57)(H,58,59)(H,60,61)(H,62,63)(H,64,65)(H,66,67)(H,69,70)(H,71,72)(H,73,74,75)(H,76,77,78);6*1H;;;;;;;;;;;;;;;2*1H3;;;;;;;2*(H3,1,2,3,4);4*(H2,1,2,3,4)/q;;;;;;;6*+1;8*+2;;;6*+1;;;;;;/p-28. The van der Waals surface area contributed by atoms with E-state index in [1.54, 1.807) is 0 Å². The van der Waals surface area contributed by atoms with Crippen molar-refractivity contribution in [3.8, 4) is 0 Å². The maximum atomic E-state index is 13.1. The number of carboxylic acid groups (broad SMARTS) is 12. The second-order valence-electron chi connectivity index (χ2n) is 20.0. The molecule has 0 saturated carbocycles. The van der Waals surface area contributed by atoms with Crippen LogP contribution in [-0.4, -0.2) is 447 Å². The van der Waals surface area contributed by atoms with Gasteiger partial charge in [-0.2, -0.15) is 0 Å². The van der Waals surface area contributed by atoms with Gasteiger partial charge < -0.3 is 288 Å². The van der Waals surface area contributed by atoms with Gasteiger partial charge in [0.25, 0.3) is 20.8 Å². The van der Waals surface area contributed by atoms with E-state index >= 15 is 0 Å². The molecule has 0 aliphatic rings. The summed E-state index contributed by atoms with van der Waals surface area (Å²) in [5.74, 6) is -54.3. The van der Waals surface area contributed by atoms with Crippen molar-refractivity contribution in [1.29, 1.82) is 0 Å². The average Bonchev–Trinajstić information content (AvgIpc) is 0.787. The Morgan fingerprint density at radius 2 is 0.373 bits per heavy atom. The van der Waals surface area contributed by atoms with Gasteiger partial charge in [-0.05, 0) is 0 Å². The minimum absolute atomic E-state index is 0. The van der Waals surface area contributed by atoms with Crippen molar-refractivity contribution in [1.82, 2.24) is 12.3 Å². The van der Waals surface area contributed by atoms with Crippen LogP contribution >= 0.6 is 92.4 Å². The third-order valence-electron chi connectivity index (χ3n) is 9.96. The molecule has 0 aliphatic carbocycles. The fourth-order valence-corrected chi connectivity index (χ4v) is 9.15. The third kappa shape index (κ3) is 159. The van der Waals surface area contributed by atoms with Crippen molar-refractivity contribution in [2.75, 3.05) is 0 Å². The summed E-state index contributed by atoms with van der Waals surface area (Å²) in [4.78, 5) is 300. The quantitative estimate of drug-likeness (QED) is 0.00702. The molecule has 0 spiro atoms. The topological polar surface area (TPSA) is 1430 Å². The van der Waals surface area contributed by atoms with Crippen LogP contribution < -0.4 is 569 Å². The molecule has 113 heteroatoms. The Balaban J connectivity index is -0.0000000723. The van der Waals surface area contributed by atoms with E-state index in [1.807, 2.05) is 0 Å². The number of phosphoric acid groups is 4. The normalized spacial score (nSPS) is 12.6. The Bertz CT molecular complexity index is 4660. The number of esters is 2. The average molecular weight is 2810 g/mol. The van der Waals surface area contributed by atoms with Crippen molar-refractivity contribution in [3.05, 3.63) is 0 Å². The summed E-state index contributed by atoms with van der Waals surface area (Å²) in [5.41, 5.74) is -27.2. The first-order chi connectivity index (χ1) is 56.1.